The third kappa shape index (κ3) is 4.65. The second kappa shape index (κ2) is 8.74. The van der Waals surface area contributed by atoms with Gasteiger partial charge in [-0.1, -0.05) is 61.2 Å². The highest BCUT2D eigenvalue weighted by Crippen LogP contribution is 2.27. The van der Waals surface area contributed by atoms with E-state index in [1.54, 1.807) is 0 Å². The summed E-state index contributed by atoms with van der Waals surface area (Å²) in [6.07, 6.45) is 3.04. The topological polar surface area (TPSA) is 67.7 Å². The number of hydrogen-bond donors (Lipinski definition) is 2. The van der Waals surface area contributed by atoms with Gasteiger partial charge in [0.2, 0.25) is 0 Å². The van der Waals surface area contributed by atoms with Crippen molar-refractivity contribution in [1.82, 2.24) is 9.78 Å². The molecule has 1 aromatic heterocycles. The number of nitrogens with zero attached hydrogens (tertiary/aromatic N) is 2. The number of aryl methyl sites for hydroxylation is 1. The van der Waals surface area contributed by atoms with Gasteiger partial charge in [-0.05, 0) is 24.1 Å². The lowest BCUT2D eigenvalue weighted by Gasteiger charge is -2.03. The zero-order valence-corrected chi connectivity index (χ0v) is 15.5. The molecule has 1 heterocycles. The smallest absolute Gasteiger partial charge is 0.151 e. The van der Waals surface area contributed by atoms with Crippen molar-refractivity contribution in [2.75, 3.05) is 0 Å². The van der Waals surface area contributed by atoms with Gasteiger partial charge in [-0.25, -0.2) is 4.68 Å². The van der Waals surface area contributed by atoms with Crippen LogP contribution in [-0.2, 0) is 12.2 Å². The molecule has 0 saturated heterocycles. The molecule has 0 atom stereocenters. The average Bonchev–Trinajstić information content (AvgIpc) is 3.05. The highest BCUT2D eigenvalue weighted by atomic mass is 35.5. The van der Waals surface area contributed by atoms with Crippen molar-refractivity contribution in [1.29, 1.82) is 5.41 Å². The lowest BCUT2D eigenvalue weighted by atomic mass is 10.1. The van der Waals surface area contributed by atoms with Crippen LogP contribution in [0.25, 0.3) is 16.9 Å². The van der Waals surface area contributed by atoms with E-state index < -0.39 is 0 Å². The van der Waals surface area contributed by atoms with Gasteiger partial charge in [-0.2, -0.15) is 5.10 Å². The molecule has 0 aliphatic carbocycles. The number of nitrogens with one attached hydrogen (secondary N) is 1. The summed E-state index contributed by atoms with van der Waals surface area (Å²) < 4.78 is 1.89. The third-order valence-corrected chi connectivity index (χ3v) is 4.60. The molecule has 0 fully saturated rings. The Morgan fingerprint density at radius 1 is 1.12 bits per heavy atom. The van der Waals surface area contributed by atoms with Gasteiger partial charge in [0, 0.05) is 23.1 Å². The molecule has 25 heavy (non-hydrogen) atoms. The van der Waals surface area contributed by atoms with Crippen molar-refractivity contribution < 1.29 is 12.4 Å². The van der Waals surface area contributed by atoms with Gasteiger partial charge >= 0.3 is 0 Å². The van der Waals surface area contributed by atoms with Crippen LogP contribution in [0.2, 0.25) is 0 Å². The van der Waals surface area contributed by atoms with E-state index in [0.29, 0.717) is 5.75 Å². The van der Waals surface area contributed by atoms with Crippen molar-refractivity contribution in [3.63, 3.8) is 0 Å². The molecule has 130 valence electrons. The molecule has 3 rings (SSSR count). The molecule has 0 bridgehead atoms. The van der Waals surface area contributed by atoms with E-state index in [-0.39, 0.29) is 17.6 Å². The van der Waals surface area contributed by atoms with Gasteiger partial charge in [0.15, 0.2) is 5.17 Å². The van der Waals surface area contributed by atoms with Crippen molar-refractivity contribution in [2.45, 2.75) is 19.1 Å². The zero-order valence-electron chi connectivity index (χ0n) is 13.9. The van der Waals surface area contributed by atoms with Crippen LogP contribution in [0.5, 0.6) is 0 Å². The standard InChI is InChI=1S/C19H20N4S.ClH/c1-2-14-8-10-15(11-9-14)18-16(13-24-19(20)21)12-23(22-18)17-6-4-3-5-7-17;/h3-12H,2,13H2,1H3,(H3,20,21);1H/p-1. The van der Waals surface area contributed by atoms with Crippen LogP contribution >= 0.6 is 11.8 Å². The first-order valence-electron chi connectivity index (χ1n) is 7.87. The number of amidine groups is 1. The van der Waals surface area contributed by atoms with Crippen molar-refractivity contribution >= 4 is 16.9 Å². The Kier molecular flexibility index (Phi) is 6.67. The van der Waals surface area contributed by atoms with Gasteiger partial charge in [0.05, 0.1) is 11.4 Å². The SMILES string of the molecule is CCc1ccc(-c2nn(-c3ccccc3)cc2CSC(=N)N)cc1.[Cl-]. The van der Waals surface area contributed by atoms with Crippen LogP contribution in [0.15, 0.2) is 60.8 Å². The maximum Gasteiger partial charge on any atom is 0.151 e. The summed E-state index contributed by atoms with van der Waals surface area (Å²) in [6, 6.07) is 18.5. The van der Waals surface area contributed by atoms with E-state index in [9.17, 15) is 0 Å². The third-order valence-electron chi connectivity index (χ3n) is 3.83. The summed E-state index contributed by atoms with van der Waals surface area (Å²) in [5, 5.41) is 12.4. The van der Waals surface area contributed by atoms with Crippen molar-refractivity contribution in [2.24, 2.45) is 5.73 Å². The molecule has 0 spiro atoms. The van der Waals surface area contributed by atoms with E-state index in [2.05, 4.69) is 31.2 Å². The Balaban J connectivity index is 0.00000225. The largest absolute Gasteiger partial charge is 1.00 e. The second-order valence-electron chi connectivity index (χ2n) is 5.49. The molecule has 0 aliphatic rings. The van der Waals surface area contributed by atoms with Crippen molar-refractivity contribution in [3.8, 4) is 16.9 Å². The summed E-state index contributed by atoms with van der Waals surface area (Å²) in [5.41, 5.74) is 10.9. The Labute approximate surface area is 158 Å². The van der Waals surface area contributed by atoms with Crippen LogP contribution in [0, 0.1) is 5.41 Å². The summed E-state index contributed by atoms with van der Waals surface area (Å²) in [6.45, 7) is 2.15. The lowest BCUT2D eigenvalue weighted by molar-refractivity contribution is -0.00000520. The number of hydrogen-bond acceptors (Lipinski definition) is 3. The maximum atomic E-state index is 7.46. The molecule has 0 radical (unpaired) electrons. The average molecular weight is 372 g/mol. The fourth-order valence-electron chi connectivity index (χ4n) is 2.53. The quantitative estimate of drug-likeness (QED) is 0.523. The molecule has 3 aromatic rings. The summed E-state index contributed by atoms with van der Waals surface area (Å²) in [5.74, 6) is 0.632. The van der Waals surface area contributed by atoms with Crippen LogP contribution in [0.3, 0.4) is 0 Å². The Morgan fingerprint density at radius 2 is 1.80 bits per heavy atom. The van der Waals surface area contributed by atoms with Gasteiger partial charge in [-0.15, -0.1) is 0 Å². The molecule has 3 N–H and O–H groups in total. The number of para-hydroxylation sites is 1. The van der Waals surface area contributed by atoms with Crippen LogP contribution in [-0.4, -0.2) is 14.9 Å². The predicted molar refractivity (Wildman–Crippen MR) is 102 cm³/mol. The molecule has 0 saturated carbocycles. The van der Waals surface area contributed by atoms with Crippen LogP contribution in [0.1, 0.15) is 18.1 Å². The van der Waals surface area contributed by atoms with E-state index in [1.807, 2.05) is 41.2 Å². The van der Waals surface area contributed by atoms with Gasteiger partial charge in [-0.3, -0.25) is 5.41 Å². The van der Waals surface area contributed by atoms with Gasteiger partial charge < -0.3 is 18.1 Å². The summed E-state index contributed by atoms with van der Waals surface area (Å²) in [4.78, 5) is 0. The van der Waals surface area contributed by atoms with E-state index in [0.717, 1.165) is 28.9 Å². The van der Waals surface area contributed by atoms with E-state index >= 15 is 0 Å². The fourth-order valence-corrected chi connectivity index (χ4v) is 3.05. The van der Waals surface area contributed by atoms with Gasteiger partial charge in [0.1, 0.15) is 0 Å². The number of benzene rings is 2. The second-order valence-corrected chi connectivity index (χ2v) is 6.50. The Hall–Kier alpha value is -2.24. The molecule has 6 heteroatoms. The molecular formula is C19H20ClN4S-. The molecule has 0 aliphatic heterocycles. The van der Waals surface area contributed by atoms with Crippen molar-refractivity contribution in [3.05, 3.63) is 71.9 Å². The van der Waals surface area contributed by atoms with Crippen LogP contribution in [0.4, 0.5) is 0 Å². The fraction of sp³-hybridized carbons (Fsp3) is 0.158. The number of rotatable bonds is 5. The number of halogens is 1. The van der Waals surface area contributed by atoms with Crippen LogP contribution < -0.4 is 18.1 Å². The van der Waals surface area contributed by atoms with E-state index in [4.69, 9.17) is 16.2 Å². The molecule has 4 nitrogen and oxygen atoms in total. The molecule has 0 unspecified atom stereocenters. The normalized spacial score (nSPS) is 10.3. The zero-order chi connectivity index (χ0) is 16.9. The highest BCUT2D eigenvalue weighted by molar-refractivity contribution is 8.13. The summed E-state index contributed by atoms with van der Waals surface area (Å²) in [7, 11) is 0. The summed E-state index contributed by atoms with van der Waals surface area (Å²) >= 11 is 1.32. The van der Waals surface area contributed by atoms with Gasteiger partial charge in [0.25, 0.3) is 0 Å². The predicted octanol–water partition coefficient (Wildman–Crippen LogP) is 1.23. The number of aromatic nitrogens is 2. The minimum Gasteiger partial charge on any atom is -1.00 e. The first kappa shape index (κ1) is 19.1. The number of thioether (sulfide) groups is 1. The monoisotopic (exact) mass is 371 g/mol. The first-order chi connectivity index (χ1) is 11.7. The first-order valence-corrected chi connectivity index (χ1v) is 8.86. The Bertz CT molecular complexity index is 828. The molecule has 0 amide bonds. The maximum absolute atomic E-state index is 7.46. The highest BCUT2D eigenvalue weighted by Gasteiger charge is 2.13. The Morgan fingerprint density at radius 3 is 2.40 bits per heavy atom. The lowest BCUT2D eigenvalue weighted by Crippen LogP contribution is -3.00. The minimum atomic E-state index is 0. The number of nitrogens with two attached hydrogens (primary N) is 1. The van der Waals surface area contributed by atoms with E-state index in [1.165, 1.54) is 17.3 Å². The molecular weight excluding hydrogens is 352 g/mol. The minimum absolute atomic E-state index is 0. The molecule has 2 aromatic carbocycles.